The Morgan fingerprint density at radius 1 is 1.45 bits per heavy atom. The third-order valence-corrected chi connectivity index (χ3v) is 5.32. The highest BCUT2D eigenvalue weighted by Gasteiger charge is 2.32. The predicted octanol–water partition coefficient (Wildman–Crippen LogP) is 3.46. The van der Waals surface area contributed by atoms with Crippen molar-refractivity contribution in [3.8, 4) is 10.6 Å². The van der Waals surface area contributed by atoms with Gasteiger partial charge in [0, 0.05) is 19.2 Å². The van der Waals surface area contributed by atoms with Gasteiger partial charge in [-0.15, -0.1) is 11.3 Å². The Morgan fingerprint density at radius 3 is 3.15 bits per heavy atom. The molecule has 2 atom stereocenters. The van der Waals surface area contributed by atoms with Crippen molar-refractivity contribution in [2.45, 2.75) is 38.3 Å². The number of thiophene rings is 1. The van der Waals surface area contributed by atoms with Crippen LogP contribution >= 0.6 is 11.3 Å². The first-order valence-electron chi connectivity index (χ1n) is 7.32. The highest BCUT2D eigenvalue weighted by atomic mass is 32.1. The fourth-order valence-electron chi connectivity index (χ4n) is 3.25. The fourth-order valence-corrected chi connectivity index (χ4v) is 4.13. The highest BCUT2D eigenvalue weighted by Crippen LogP contribution is 2.36. The van der Waals surface area contributed by atoms with Crippen molar-refractivity contribution in [1.29, 1.82) is 0 Å². The highest BCUT2D eigenvalue weighted by molar-refractivity contribution is 7.13. The van der Waals surface area contributed by atoms with E-state index in [4.69, 9.17) is 9.84 Å². The van der Waals surface area contributed by atoms with Gasteiger partial charge < -0.3 is 10.1 Å². The van der Waals surface area contributed by atoms with Crippen LogP contribution in [0, 0.1) is 6.92 Å². The molecule has 1 fully saturated rings. The lowest BCUT2D eigenvalue weighted by Crippen LogP contribution is -2.31. The molecule has 0 amide bonds. The molecule has 20 heavy (non-hydrogen) atoms. The molecule has 1 saturated heterocycles. The van der Waals surface area contributed by atoms with E-state index in [1.54, 1.807) is 11.3 Å². The second-order valence-electron chi connectivity index (χ2n) is 5.63. The Labute approximate surface area is 122 Å². The zero-order chi connectivity index (χ0) is 13.5. The Balaban J connectivity index is 1.71. The van der Waals surface area contributed by atoms with Crippen molar-refractivity contribution in [2.24, 2.45) is 0 Å². The van der Waals surface area contributed by atoms with Gasteiger partial charge in [-0.1, -0.05) is 0 Å². The second kappa shape index (κ2) is 4.90. The molecule has 0 radical (unpaired) electrons. The summed E-state index contributed by atoms with van der Waals surface area (Å²) in [6, 6.07) is 4.73. The largest absolute Gasteiger partial charge is 0.376 e. The maximum atomic E-state index is 5.89. The lowest BCUT2D eigenvalue weighted by molar-refractivity contribution is 0.0593. The van der Waals surface area contributed by atoms with Crippen LogP contribution in [0.3, 0.4) is 0 Å². The summed E-state index contributed by atoms with van der Waals surface area (Å²) in [5, 5.41) is 10.5. The number of nitrogens with zero attached hydrogens (tertiary/aromatic N) is 2. The molecule has 0 saturated carbocycles. The minimum Gasteiger partial charge on any atom is -0.376 e. The third-order valence-electron chi connectivity index (χ3n) is 4.28. The summed E-state index contributed by atoms with van der Waals surface area (Å²) in [7, 11) is 0. The minimum atomic E-state index is 0.341. The van der Waals surface area contributed by atoms with Crippen LogP contribution in [0.25, 0.3) is 10.6 Å². The van der Waals surface area contributed by atoms with Crippen LogP contribution in [0.4, 0.5) is 5.82 Å². The first kappa shape index (κ1) is 12.4. The van der Waals surface area contributed by atoms with Gasteiger partial charge in [0.2, 0.25) is 0 Å². The zero-order valence-corrected chi connectivity index (χ0v) is 12.4. The van der Waals surface area contributed by atoms with E-state index in [0.29, 0.717) is 12.1 Å². The van der Waals surface area contributed by atoms with Gasteiger partial charge in [-0.3, -0.25) is 0 Å². The maximum Gasteiger partial charge on any atom is 0.125 e. The maximum absolute atomic E-state index is 5.89. The molecule has 5 heteroatoms. The summed E-state index contributed by atoms with van der Waals surface area (Å²) in [4.78, 5) is 1.28. The number of aryl methyl sites for hydroxylation is 1. The van der Waals surface area contributed by atoms with Crippen LogP contribution < -0.4 is 5.32 Å². The van der Waals surface area contributed by atoms with Crippen LogP contribution in [0.1, 0.15) is 30.9 Å². The lowest BCUT2D eigenvalue weighted by Gasteiger charge is -2.29. The van der Waals surface area contributed by atoms with E-state index < -0.39 is 0 Å². The van der Waals surface area contributed by atoms with Crippen LogP contribution in [0.2, 0.25) is 0 Å². The molecule has 4 heterocycles. The Kier molecular flexibility index (Phi) is 3.04. The monoisotopic (exact) mass is 289 g/mol. The zero-order valence-electron chi connectivity index (χ0n) is 11.6. The Morgan fingerprint density at radius 2 is 2.40 bits per heavy atom. The first-order valence-corrected chi connectivity index (χ1v) is 8.20. The van der Waals surface area contributed by atoms with Crippen molar-refractivity contribution < 1.29 is 4.74 Å². The summed E-state index contributed by atoms with van der Waals surface area (Å²) < 4.78 is 8.05. The summed E-state index contributed by atoms with van der Waals surface area (Å²) in [6.45, 7) is 4.07. The van der Waals surface area contributed by atoms with Crippen molar-refractivity contribution >= 4 is 17.2 Å². The second-order valence-corrected chi connectivity index (χ2v) is 6.54. The van der Waals surface area contributed by atoms with Gasteiger partial charge in [-0.25, -0.2) is 4.68 Å². The van der Waals surface area contributed by atoms with E-state index >= 15 is 0 Å². The van der Waals surface area contributed by atoms with E-state index in [9.17, 15) is 0 Å². The molecule has 0 aliphatic carbocycles. The summed E-state index contributed by atoms with van der Waals surface area (Å²) in [5.74, 6) is 1.14. The first-order chi connectivity index (χ1) is 9.83. The number of anilines is 1. The number of hydrogen-bond acceptors (Lipinski definition) is 4. The molecule has 1 N–H and O–H groups in total. The van der Waals surface area contributed by atoms with Gasteiger partial charge in [0.25, 0.3) is 0 Å². The molecule has 0 bridgehead atoms. The molecule has 0 spiro atoms. The summed E-state index contributed by atoms with van der Waals surface area (Å²) in [6.07, 6.45) is 3.79. The normalized spacial score (nSPS) is 25.4. The standard InChI is InChI=1S/C15H19N3OS/c1-10-5-8-20-15(10)11-9-14-16-6-4-12(18(14)17-11)13-3-2-7-19-13/h5,8-9,12-13,16H,2-4,6-7H2,1H3. The van der Waals surface area contributed by atoms with E-state index in [2.05, 4.69) is 34.4 Å². The van der Waals surface area contributed by atoms with Gasteiger partial charge in [-0.2, -0.15) is 5.10 Å². The Hall–Kier alpha value is -1.33. The van der Waals surface area contributed by atoms with Crippen molar-refractivity contribution in [3.05, 3.63) is 23.1 Å². The number of nitrogens with one attached hydrogen (secondary N) is 1. The molecule has 2 aliphatic heterocycles. The van der Waals surface area contributed by atoms with E-state index in [-0.39, 0.29) is 0 Å². The molecule has 4 nitrogen and oxygen atoms in total. The third kappa shape index (κ3) is 1.96. The minimum absolute atomic E-state index is 0.341. The fraction of sp³-hybridized carbons (Fsp3) is 0.533. The van der Waals surface area contributed by atoms with Crippen LogP contribution in [0.5, 0.6) is 0 Å². The van der Waals surface area contributed by atoms with Crippen LogP contribution in [-0.2, 0) is 4.74 Å². The molecule has 2 aliphatic rings. The molecule has 0 aromatic carbocycles. The topological polar surface area (TPSA) is 39.1 Å². The quantitative estimate of drug-likeness (QED) is 0.920. The molecule has 2 aromatic rings. The van der Waals surface area contributed by atoms with Gasteiger partial charge in [0.1, 0.15) is 11.5 Å². The average Bonchev–Trinajstić information content (AvgIpc) is 3.17. The number of ether oxygens (including phenoxy) is 1. The van der Waals surface area contributed by atoms with Crippen molar-refractivity contribution in [3.63, 3.8) is 0 Å². The van der Waals surface area contributed by atoms with E-state index in [0.717, 1.165) is 37.5 Å². The van der Waals surface area contributed by atoms with E-state index in [1.165, 1.54) is 16.9 Å². The lowest BCUT2D eigenvalue weighted by atomic mass is 10.0. The van der Waals surface area contributed by atoms with Crippen LogP contribution in [-0.4, -0.2) is 29.0 Å². The summed E-state index contributed by atoms with van der Waals surface area (Å²) >= 11 is 1.76. The van der Waals surface area contributed by atoms with Crippen LogP contribution in [0.15, 0.2) is 17.5 Å². The van der Waals surface area contributed by atoms with Gasteiger partial charge >= 0.3 is 0 Å². The van der Waals surface area contributed by atoms with Crippen molar-refractivity contribution in [1.82, 2.24) is 9.78 Å². The number of hydrogen-bond donors (Lipinski definition) is 1. The number of fused-ring (bicyclic) bond motifs is 1. The number of aromatic nitrogens is 2. The van der Waals surface area contributed by atoms with Crippen molar-refractivity contribution in [2.75, 3.05) is 18.5 Å². The Bertz CT molecular complexity index is 612. The molecular weight excluding hydrogens is 270 g/mol. The molecule has 2 aromatic heterocycles. The number of rotatable bonds is 2. The molecule has 106 valence electrons. The smallest absolute Gasteiger partial charge is 0.125 e. The van der Waals surface area contributed by atoms with Gasteiger partial charge in [0.05, 0.1) is 17.0 Å². The molecule has 4 rings (SSSR count). The van der Waals surface area contributed by atoms with Gasteiger partial charge in [-0.05, 0) is 43.2 Å². The SMILES string of the molecule is Cc1ccsc1-c1cc2n(n1)C(C1CCCO1)CCN2. The molecule has 2 unspecified atom stereocenters. The van der Waals surface area contributed by atoms with E-state index in [1.807, 2.05) is 0 Å². The summed E-state index contributed by atoms with van der Waals surface area (Å²) in [5.41, 5.74) is 2.39. The van der Waals surface area contributed by atoms with Gasteiger partial charge in [0.15, 0.2) is 0 Å². The average molecular weight is 289 g/mol. The molecular formula is C15H19N3OS. The predicted molar refractivity (Wildman–Crippen MR) is 81.4 cm³/mol.